The molecule has 65 heavy (non-hydrogen) atoms. The molecule has 0 unspecified atom stereocenters. The first-order valence-electron chi connectivity index (χ1n) is 21.9. The summed E-state index contributed by atoms with van der Waals surface area (Å²) in [6, 6.07) is 36.0. The van der Waals surface area contributed by atoms with E-state index in [4.69, 9.17) is 10.0 Å². The number of nitrogens with zero attached hydrogens (tertiary/aromatic N) is 5. The number of nitrogens with one attached hydrogen (secondary N) is 3. The number of aromatic amines is 1. The maximum absolute atomic E-state index is 12.9. The zero-order valence-corrected chi connectivity index (χ0v) is 40.0. The van der Waals surface area contributed by atoms with E-state index in [0.29, 0.717) is 23.1 Å². The molecule has 0 atom stereocenters. The summed E-state index contributed by atoms with van der Waals surface area (Å²) >= 11 is 6.68. The largest absolute Gasteiger partial charge is 0.488 e. The lowest BCUT2D eigenvalue weighted by Crippen LogP contribution is -2.41. The third-order valence-corrected chi connectivity index (χ3v) is 12.0. The maximum atomic E-state index is 12.9. The van der Waals surface area contributed by atoms with Gasteiger partial charge >= 0.3 is 7.12 Å². The molecule has 8 rings (SSSR count). The highest BCUT2D eigenvalue weighted by Crippen LogP contribution is 2.19. The smallest absolute Gasteiger partial charge is 0.423 e. The van der Waals surface area contributed by atoms with Gasteiger partial charge in [-0.05, 0) is 86.5 Å². The van der Waals surface area contributed by atoms with E-state index in [-0.39, 0.29) is 17.2 Å². The van der Waals surface area contributed by atoms with Crippen molar-refractivity contribution in [2.24, 2.45) is 0 Å². The summed E-state index contributed by atoms with van der Waals surface area (Å²) in [6.45, 7) is 10.4. The summed E-state index contributed by atoms with van der Waals surface area (Å²) in [5.74, 6) is 0.845. The lowest BCUT2D eigenvalue weighted by Gasteiger charge is -2.32. The van der Waals surface area contributed by atoms with Gasteiger partial charge in [0.2, 0.25) is 0 Å². The molecule has 12 nitrogen and oxygen atoms in total. The lowest BCUT2D eigenvalue weighted by molar-refractivity contribution is 0.236. The van der Waals surface area contributed by atoms with Gasteiger partial charge in [-0.15, -0.1) is 0 Å². The molecular formula is C50H57BBr2N8O4. The molecule has 2 saturated heterocycles. The van der Waals surface area contributed by atoms with Crippen LogP contribution >= 0.6 is 31.9 Å². The molecule has 4 heterocycles. The molecule has 0 saturated carbocycles. The normalized spacial score (nSPS) is 15.2. The number of anilines is 2. The van der Waals surface area contributed by atoms with Crippen LogP contribution in [-0.2, 0) is 0 Å². The topological polar surface area (TPSA) is 152 Å². The van der Waals surface area contributed by atoms with Crippen LogP contribution in [0, 0.1) is 0 Å². The van der Waals surface area contributed by atoms with Gasteiger partial charge in [-0.3, -0.25) is 24.0 Å². The minimum atomic E-state index is -1.38. The Morgan fingerprint density at radius 3 is 1.69 bits per heavy atom. The fourth-order valence-electron chi connectivity index (χ4n) is 7.78. The van der Waals surface area contributed by atoms with E-state index < -0.39 is 7.12 Å². The van der Waals surface area contributed by atoms with Crippen LogP contribution in [0.2, 0.25) is 0 Å². The van der Waals surface area contributed by atoms with E-state index in [0.717, 1.165) is 79.6 Å². The van der Waals surface area contributed by atoms with Gasteiger partial charge in [-0.1, -0.05) is 134 Å². The van der Waals surface area contributed by atoms with Gasteiger partial charge in [0.05, 0.1) is 0 Å². The highest BCUT2D eigenvalue weighted by atomic mass is 79.9. The van der Waals surface area contributed by atoms with Gasteiger partial charge in [-0.25, -0.2) is 9.97 Å². The van der Waals surface area contributed by atoms with Gasteiger partial charge in [0.25, 0.3) is 11.1 Å². The standard InChI is InChI=1S/C25H27BrN4O.C19H24N4O.C6H6BBrO2/c1-19(16-20-6-3-2-4-7-20)18-29-13-10-22(11-14-29)28-24-25(31)30(15-12-27-24)23-9-5-8-21(26)17-23;1-15(13-16-5-3-2-4-6-16)14-23-11-7-17(8-12-23)22-18-19(24)21-10-9-20-18;8-6-3-1-2-5(4-6)7(9)10/h2-9,12,15-17,22H,10-11,13-14,18H2,1H3,(H,27,28);2-6,9-10,13,17H,7-8,11-12,14H2,1H3,(H,20,22)(H,21,24);1-4,9-10H/b19-16+;15-13+;. The van der Waals surface area contributed by atoms with Crippen LogP contribution in [0.5, 0.6) is 0 Å². The van der Waals surface area contributed by atoms with Crippen molar-refractivity contribution in [2.75, 3.05) is 49.9 Å². The van der Waals surface area contributed by atoms with Gasteiger partial charge < -0.3 is 25.7 Å². The van der Waals surface area contributed by atoms with Crippen LogP contribution in [0.1, 0.15) is 50.7 Å². The number of rotatable bonds is 12. The average Bonchev–Trinajstić information content (AvgIpc) is 3.30. The number of hydrogen-bond donors (Lipinski definition) is 5. The molecule has 0 aliphatic carbocycles. The van der Waals surface area contributed by atoms with Crippen LogP contribution < -0.4 is 27.2 Å². The second-order valence-corrected chi connectivity index (χ2v) is 18.2. The minimum absolute atomic E-state index is 0.121. The SMILES string of the molecule is C/C(=C\c1ccccc1)CN1CCC(Nc2ncc[nH]c2=O)CC1.C/C(=C\c1ccccc1)CN1CCC(Nc2nccn(-c3cccc(Br)c3)c2=O)CC1.OB(O)c1cccc(Br)c1. The third-order valence-electron chi connectivity index (χ3n) is 11.0. The Balaban J connectivity index is 0.000000182. The number of halogens is 2. The number of likely N-dealkylation sites (tertiary alicyclic amines) is 2. The van der Waals surface area contributed by atoms with E-state index in [1.54, 1.807) is 47.6 Å². The second kappa shape index (κ2) is 25.3. The number of piperidine rings is 2. The van der Waals surface area contributed by atoms with Crippen LogP contribution in [0.3, 0.4) is 0 Å². The summed E-state index contributed by atoms with van der Waals surface area (Å²) < 4.78 is 3.41. The number of benzene rings is 4. The molecule has 0 bridgehead atoms. The Morgan fingerprint density at radius 1 is 0.692 bits per heavy atom. The predicted molar refractivity (Wildman–Crippen MR) is 273 cm³/mol. The molecule has 2 fully saturated rings. The monoisotopic (exact) mass is 1000 g/mol. The van der Waals surface area contributed by atoms with Gasteiger partial charge in [0, 0.05) is 90.8 Å². The molecule has 2 aliphatic rings. The first-order valence-corrected chi connectivity index (χ1v) is 23.5. The van der Waals surface area contributed by atoms with Gasteiger partial charge in [-0.2, -0.15) is 0 Å². The second-order valence-electron chi connectivity index (χ2n) is 16.3. The van der Waals surface area contributed by atoms with Gasteiger partial charge in [0.15, 0.2) is 11.6 Å². The van der Waals surface area contributed by atoms with Crippen molar-refractivity contribution in [1.82, 2.24) is 29.3 Å². The number of H-pyrrole nitrogens is 1. The van der Waals surface area contributed by atoms with Crippen molar-refractivity contribution in [3.8, 4) is 5.69 Å². The Kier molecular flexibility index (Phi) is 19.1. The first kappa shape index (κ1) is 49.0. The van der Waals surface area contributed by atoms with Crippen LogP contribution in [0.4, 0.5) is 11.6 Å². The molecular weight excluding hydrogens is 947 g/mol. The van der Waals surface area contributed by atoms with Crippen molar-refractivity contribution < 1.29 is 10.0 Å². The van der Waals surface area contributed by atoms with Gasteiger partial charge in [0.1, 0.15) is 0 Å². The van der Waals surface area contributed by atoms with Crippen molar-refractivity contribution in [1.29, 1.82) is 0 Å². The number of aromatic nitrogens is 4. The molecule has 2 aromatic heterocycles. The summed E-state index contributed by atoms with van der Waals surface area (Å²) in [5.41, 5.74) is 6.27. The van der Waals surface area contributed by atoms with Crippen molar-refractivity contribution >= 4 is 68.2 Å². The fourth-order valence-corrected chi connectivity index (χ4v) is 8.59. The Labute approximate surface area is 398 Å². The Hall–Kier alpha value is -5.42. The minimum Gasteiger partial charge on any atom is -0.423 e. The molecule has 6 aromatic rings. The van der Waals surface area contributed by atoms with E-state index >= 15 is 0 Å². The van der Waals surface area contributed by atoms with Crippen LogP contribution in [0.15, 0.2) is 164 Å². The van der Waals surface area contributed by atoms with Crippen molar-refractivity contribution in [3.05, 3.63) is 186 Å². The summed E-state index contributed by atoms with van der Waals surface area (Å²) in [7, 11) is -1.38. The van der Waals surface area contributed by atoms with E-state index in [1.165, 1.54) is 22.3 Å². The first-order chi connectivity index (χ1) is 31.5. The lowest BCUT2D eigenvalue weighted by atomic mass is 9.81. The molecule has 0 amide bonds. The van der Waals surface area contributed by atoms with Crippen LogP contribution in [-0.4, -0.2) is 97.8 Å². The molecule has 0 spiro atoms. The van der Waals surface area contributed by atoms with E-state index in [1.807, 2.05) is 42.5 Å². The fraction of sp³-hybridized carbons (Fsp3) is 0.280. The molecule has 338 valence electrons. The zero-order valence-electron chi connectivity index (χ0n) is 36.9. The highest BCUT2D eigenvalue weighted by Gasteiger charge is 2.22. The third kappa shape index (κ3) is 16.2. The van der Waals surface area contributed by atoms with E-state index in [9.17, 15) is 9.59 Å². The number of hydrogen-bond acceptors (Lipinski definition) is 10. The van der Waals surface area contributed by atoms with Crippen LogP contribution in [0.25, 0.3) is 17.8 Å². The molecule has 0 radical (unpaired) electrons. The van der Waals surface area contributed by atoms with Crippen molar-refractivity contribution in [3.63, 3.8) is 0 Å². The maximum Gasteiger partial charge on any atom is 0.488 e. The molecule has 15 heteroatoms. The molecule has 4 aromatic carbocycles. The molecule has 5 N–H and O–H groups in total. The van der Waals surface area contributed by atoms with Crippen molar-refractivity contribution in [2.45, 2.75) is 51.6 Å². The summed E-state index contributed by atoms with van der Waals surface area (Å²) in [5, 5.41) is 24.0. The quantitative estimate of drug-likeness (QED) is 0.0768. The summed E-state index contributed by atoms with van der Waals surface area (Å²) in [4.78, 5) is 40.6. The van der Waals surface area contributed by atoms with E-state index in [2.05, 4.69) is 142 Å². The zero-order chi connectivity index (χ0) is 46.0. The predicted octanol–water partition coefficient (Wildman–Crippen LogP) is 7.85. The summed E-state index contributed by atoms with van der Waals surface area (Å²) in [6.07, 6.45) is 15.1. The Bertz CT molecular complexity index is 2580. The molecule has 2 aliphatic heterocycles. The average molecular weight is 1000 g/mol. The Morgan fingerprint density at radius 2 is 1.20 bits per heavy atom. The highest BCUT2D eigenvalue weighted by molar-refractivity contribution is 9.10.